The van der Waals surface area contributed by atoms with E-state index in [1.807, 2.05) is 44.2 Å². The monoisotopic (exact) mass is 358 g/mol. The minimum Gasteiger partial charge on any atom is -0.483 e. The largest absolute Gasteiger partial charge is 0.483 e. The zero-order valence-electron chi connectivity index (χ0n) is 15.4. The number of para-hydroxylation sites is 1. The van der Waals surface area contributed by atoms with Gasteiger partial charge in [-0.05, 0) is 37.1 Å². The van der Waals surface area contributed by atoms with Crippen LogP contribution in [0.4, 0.5) is 0 Å². The molecule has 3 rings (SSSR count). The lowest BCUT2D eigenvalue weighted by atomic mass is 10.1. The van der Waals surface area contributed by atoms with Crippen LogP contribution in [-0.4, -0.2) is 50.3 Å². The maximum Gasteiger partial charge on any atom is 0.258 e. The summed E-state index contributed by atoms with van der Waals surface area (Å²) in [6.45, 7) is 7.46. The topological polar surface area (TPSA) is 63.9 Å². The van der Waals surface area contributed by atoms with Crippen molar-refractivity contribution in [1.29, 1.82) is 0 Å². The number of benzene rings is 1. The number of rotatable bonds is 7. The molecule has 1 N–H and O–H groups in total. The molecule has 26 heavy (non-hydrogen) atoms. The third-order valence-corrected chi connectivity index (χ3v) is 4.61. The van der Waals surface area contributed by atoms with Gasteiger partial charge >= 0.3 is 0 Å². The number of ether oxygens (including phenoxy) is 2. The van der Waals surface area contributed by atoms with E-state index in [9.17, 15) is 4.79 Å². The van der Waals surface area contributed by atoms with Gasteiger partial charge in [0.05, 0.1) is 25.5 Å². The van der Waals surface area contributed by atoms with Crippen molar-refractivity contribution in [3.8, 4) is 5.75 Å². The highest BCUT2D eigenvalue weighted by Gasteiger charge is 2.25. The van der Waals surface area contributed by atoms with Crippen LogP contribution in [0.3, 0.4) is 0 Å². The van der Waals surface area contributed by atoms with Gasteiger partial charge in [0.1, 0.15) is 11.5 Å². The summed E-state index contributed by atoms with van der Waals surface area (Å²) in [5.41, 5.74) is 2.05. The molecule has 1 unspecified atom stereocenters. The number of hydrogen-bond acceptors (Lipinski definition) is 5. The fraction of sp³-hybridized carbons (Fsp3) is 0.450. The van der Waals surface area contributed by atoms with Crippen molar-refractivity contribution >= 4 is 5.91 Å². The molecule has 0 radical (unpaired) electrons. The molecule has 1 aliphatic heterocycles. The predicted molar refractivity (Wildman–Crippen MR) is 98.3 cm³/mol. The smallest absolute Gasteiger partial charge is 0.258 e. The third kappa shape index (κ3) is 4.65. The van der Waals surface area contributed by atoms with Gasteiger partial charge in [-0.3, -0.25) is 9.69 Å². The second-order valence-electron chi connectivity index (χ2n) is 6.49. The van der Waals surface area contributed by atoms with E-state index in [-0.39, 0.29) is 18.6 Å². The van der Waals surface area contributed by atoms with Crippen LogP contribution >= 0.6 is 0 Å². The molecule has 0 aliphatic carbocycles. The molecule has 140 valence electrons. The van der Waals surface area contributed by atoms with Crippen molar-refractivity contribution < 1.29 is 18.7 Å². The van der Waals surface area contributed by atoms with Crippen LogP contribution in [0, 0.1) is 13.8 Å². The third-order valence-electron chi connectivity index (χ3n) is 4.61. The summed E-state index contributed by atoms with van der Waals surface area (Å²) >= 11 is 0. The molecule has 1 aromatic carbocycles. The highest BCUT2D eigenvalue weighted by Crippen LogP contribution is 2.23. The molecule has 0 saturated carbocycles. The van der Waals surface area contributed by atoms with Gasteiger partial charge in [-0.1, -0.05) is 18.2 Å². The molecule has 1 aliphatic rings. The maximum absolute atomic E-state index is 12.3. The fourth-order valence-electron chi connectivity index (χ4n) is 3.21. The lowest BCUT2D eigenvalue weighted by molar-refractivity contribution is -0.123. The van der Waals surface area contributed by atoms with Gasteiger partial charge in [-0.25, -0.2) is 0 Å². The van der Waals surface area contributed by atoms with Gasteiger partial charge in [-0.15, -0.1) is 0 Å². The van der Waals surface area contributed by atoms with Crippen LogP contribution in [-0.2, 0) is 9.53 Å². The second-order valence-corrected chi connectivity index (χ2v) is 6.49. The molecule has 1 amide bonds. The molecule has 2 aromatic rings. The van der Waals surface area contributed by atoms with Crippen molar-refractivity contribution in [2.75, 3.05) is 39.5 Å². The van der Waals surface area contributed by atoms with Gasteiger partial charge < -0.3 is 19.2 Å². The zero-order valence-corrected chi connectivity index (χ0v) is 15.4. The first-order valence-electron chi connectivity index (χ1n) is 8.96. The van der Waals surface area contributed by atoms with Crippen LogP contribution < -0.4 is 10.1 Å². The number of hydrogen-bond donors (Lipinski definition) is 1. The molecule has 0 bridgehead atoms. The van der Waals surface area contributed by atoms with Crippen LogP contribution in [0.15, 0.2) is 41.0 Å². The number of carbonyl (C=O) groups excluding carboxylic acids is 1. The molecule has 1 aromatic heterocycles. The SMILES string of the molecule is Cc1cccc(C)c1OCC(=O)NCC(c1ccco1)N1CCOCC1. The lowest BCUT2D eigenvalue weighted by Crippen LogP contribution is -2.44. The average molecular weight is 358 g/mol. The van der Waals surface area contributed by atoms with Crippen molar-refractivity contribution in [3.05, 3.63) is 53.5 Å². The Kier molecular flexibility index (Phi) is 6.30. The van der Waals surface area contributed by atoms with Crippen LogP contribution in [0.2, 0.25) is 0 Å². The number of aryl methyl sites for hydroxylation is 2. The second kappa shape index (κ2) is 8.87. The highest BCUT2D eigenvalue weighted by atomic mass is 16.5. The van der Waals surface area contributed by atoms with Crippen LogP contribution in [0.5, 0.6) is 5.75 Å². The van der Waals surface area contributed by atoms with Gasteiger partial charge in [0.2, 0.25) is 0 Å². The summed E-state index contributed by atoms with van der Waals surface area (Å²) in [7, 11) is 0. The zero-order chi connectivity index (χ0) is 18.4. The van der Waals surface area contributed by atoms with Crippen LogP contribution in [0.1, 0.15) is 22.9 Å². The molecule has 2 heterocycles. The molecular weight excluding hydrogens is 332 g/mol. The van der Waals surface area contributed by atoms with E-state index in [1.165, 1.54) is 0 Å². The minimum atomic E-state index is -0.141. The number of nitrogens with zero attached hydrogens (tertiary/aromatic N) is 1. The van der Waals surface area contributed by atoms with Crippen molar-refractivity contribution in [3.63, 3.8) is 0 Å². The van der Waals surface area contributed by atoms with Gasteiger partial charge in [0.25, 0.3) is 5.91 Å². The summed E-state index contributed by atoms with van der Waals surface area (Å²) in [6, 6.07) is 9.75. The highest BCUT2D eigenvalue weighted by molar-refractivity contribution is 5.77. The van der Waals surface area contributed by atoms with Crippen LogP contribution in [0.25, 0.3) is 0 Å². The molecular formula is C20H26N2O4. The Labute approximate surface area is 154 Å². The molecule has 1 saturated heterocycles. The number of furan rings is 1. The summed E-state index contributed by atoms with van der Waals surface area (Å²) in [5.74, 6) is 1.48. The average Bonchev–Trinajstić information content (AvgIpc) is 3.17. The summed E-state index contributed by atoms with van der Waals surface area (Å²) in [4.78, 5) is 14.6. The number of nitrogens with one attached hydrogen (secondary N) is 1. The van der Waals surface area contributed by atoms with E-state index >= 15 is 0 Å². The Bertz CT molecular complexity index is 688. The number of carbonyl (C=O) groups is 1. The first-order valence-corrected chi connectivity index (χ1v) is 8.96. The quantitative estimate of drug-likeness (QED) is 0.824. The predicted octanol–water partition coefficient (Wildman–Crippen LogP) is 2.46. The number of amides is 1. The molecule has 6 nitrogen and oxygen atoms in total. The number of morpholine rings is 1. The lowest BCUT2D eigenvalue weighted by Gasteiger charge is -2.33. The maximum atomic E-state index is 12.3. The van der Waals surface area contributed by atoms with Gasteiger partial charge in [-0.2, -0.15) is 0 Å². The van der Waals surface area contributed by atoms with Gasteiger partial charge in [0.15, 0.2) is 6.61 Å². The Morgan fingerprint density at radius 3 is 2.58 bits per heavy atom. The first-order chi connectivity index (χ1) is 12.6. The Hall–Kier alpha value is -2.31. The molecule has 1 atom stereocenters. The molecule has 1 fully saturated rings. The fourth-order valence-corrected chi connectivity index (χ4v) is 3.21. The van der Waals surface area contributed by atoms with Crippen molar-refractivity contribution in [1.82, 2.24) is 10.2 Å². The van der Waals surface area contributed by atoms with E-state index < -0.39 is 0 Å². The summed E-state index contributed by atoms with van der Waals surface area (Å²) < 4.78 is 16.7. The van der Waals surface area contributed by atoms with E-state index in [1.54, 1.807) is 6.26 Å². The normalized spacial score (nSPS) is 16.2. The summed E-state index contributed by atoms with van der Waals surface area (Å²) in [6.07, 6.45) is 1.66. The van der Waals surface area contributed by atoms with E-state index in [2.05, 4.69) is 10.2 Å². The Morgan fingerprint density at radius 2 is 1.92 bits per heavy atom. The van der Waals surface area contributed by atoms with E-state index in [0.717, 1.165) is 35.7 Å². The minimum absolute atomic E-state index is 0.000318. The summed E-state index contributed by atoms with van der Waals surface area (Å²) in [5, 5.41) is 2.97. The molecule has 6 heteroatoms. The van der Waals surface area contributed by atoms with E-state index in [0.29, 0.717) is 19.8 Å². The van der Waals surface area contributed by atoms with Crippen molar-refractivity contribution in [2.24, 2.45) is 0 Å². The van der Waals surface area contributed by atoms with Gasteiger partial charge in [0, 0.05) is 19.6 Å². The Balaban J connectivity index is 1.55. The van der Waals surface area contributed by atoms with Crippen molar-refractivity contribution in [2.45, 2.75) is 19.9 Å². The molecule has 0 spiro atoms. The first kappa shape index (κ1) is 18.5. The standard InChI is InChI=1S/C20H26N2O4/c1-15-5-3-6-16(2)20(15)26-14-19(23)21-13-17(18-7-4-10-25-18)22-8-11-24-12-9-22/h3-7,10,17H,8-9,11-14H2,1-2H3,(H,21,23). The Morgan fingerprint density at radius 1 is 1.19 bits per heavy atom. The van der Waals surface area contributed by atoms with E-state index in [4.69, 9.17) is 13.9 Å².